The van der Waals surface area contributed by atoms with E-state index in [1.165, 1.54) is 5.56 Å². The van der Waals surface area contributed by atoms with Gasteiger partial charge in [0.25, 0.3) is 0 Å². The fourth-order valence-corrected chi connectivity index (χ4v) is 1.85. The van der Waals surface area contributed by atoms with Crippen molar-refractivity contribution in [3.8, 4) is 5.75 Å². The Hall–Kier alpha value is -2.07. The molecule has 4 heteroatoms. The molecule has 1 aromatic heterocycles. The van der Waals surface area contributed by atoms with E-state index in [0.717, 1.165) is 23.7 Å². The lowest BCUT2D eigenvalue weighted by molar-refractivity contribution is 0.281. The minimum Gasteiger partial charge on any atom is -0.497 e. The van der Waals surface area contributed by atoms with Crippen molar-refractivity contribution in [2.45, 2.75) is 13.2 Å². The number of ether oxygens (including phenoxy) is 1. The standard InChI is InChI=1S/C15H18N2O2/c1-17(15-9-13(11-18)7-8-16-15)10-12-3-5-14(19-2)6-4-12/h3-9,18H,10-11H2,1-2H3. The van der Waals surface area contributed by atoms with E-state index in [1.807, 2.05) is 48.3 Å². The Morgan fingerprint density at radius 2 is 1.89 bits per heavy atom. The van der Waals surface area contributed by atoms with Gasteiger partial charge in [0.15, 0.2) is 0 Å². The molecule has 0 aliphatic rings. The van der Waals surface area contributed by atoms with Gasteiger partial charge in [0.2, 0.25) is 0 Å². The first-order valence-corrected chi connectivity index (χ1v) is 6.13. The second-order valence-electron chi connectivity index (χ2n) is 4.38. The van der Waals surface area contributed by atoms with Gasteiger partial charge < -0.3 is 14.7 Å². The third-order valence-corrected chi connectivity index (χ3v) is 2.96. The van der Waals surface area contributed by atoms with E-state index in [-0.39, 0.29) is 6.61 Å². The third-order valence-electron chi connectivity index (χ3n) is 2.96. The molecule has 0 radical (unpaired) electrons. The lowest BCUT2D eigenvalue weighted by Gasteiger charge is -2.18. The lowest BCUT2D eigenvalue weighted by atomic mass is 10.2. The largest absolute Gasteiger partial charge is 0.497 e. The van der Waals surface area contributed by atoms with Gasteiger partial charge in [-0.1, -0.05) is 12.1 Å². The number of rotatable bonds is 5. The zero-order chi connectivity index (χ0) is 13.7. The predicted molar refractivity (Wildman–Crippen MR) is 75.3 cm³/mol. The maximum absolute atomic E-state index is 9.13. The van der Waals surface area contributed by atoms with Gasteiger partial charge in [-0.15, -0.1) is 0 Å². The average molecular weight is 258 g/mol. The van der Waals surface area contributed by atoms with Crippen LogP contribution in [0.25, 0.3) is 0 Å². The van der Waals surface area contributed by atoms with Crippen molar-refractivity contribution in [1.82, 2.24) is 4.98 Å². The van der Waals surface area contributed by atoms with Crippen molar-refractivity contribution in [3.05, 3.63) is 53.7 Å². The van der Waals surface area contributed by atoms with Crippen molar-refractivity contribution in [1.29, 1.82) is 0 Å². The number of aliphatic hydroxyl groups excluding tert-OH is 1. The van der Waals surface area contributed by atoms with E-state index in [1.54, 1.807) is 13.3 Å². The second kappa shape index (κ2) is 6.20. The summed E-state index contributed by atoms with van der Waals surface area (Å²) in [6.07, 6.45) is 1.71. The molecule has 0 atom stereocenters. The Bertz CT molecular complexity index is 526. The number of anilines is 1. The number of hydrogen-bond acceptors (Lipinski definition) is 4. The number of pyridine rings is 1. The maximum atomic E-state index is 9.13. The highest BCUT2D eigenvalue weighted by Gasteiger charge is 2.04. The van der Waals surface area contributed by atoms with Gasteiger partial charge in [-0.3, -0.25) is 0 Å². The summed E-state index contributed by atoms with van der Waals surface area (Å²) in [5, 5.41) is 9.13. The summed E-state index contributed by atoms with van der Waals surface area (Å²) in [6.45, 7) is 0.789. The average Bonchev–Trinajstić information content (AvgIpc) is 2.48. The highest BCUT2D eigenvalue weighted by atomic mass is 16.5. The van der Waals surface area contributed by atoms with Crippen LogP contribution in [-0.4, -0.2) is 24.2 Å². The molecule has 0 spiro atoms. The SMILES string of the molecule is COc1ccc(CN(C)c2cc(CO)ccn2)cc1. The smallest absolute Gasteiger partial charge is 0.128 e. The van der Waals surface area contributed by atoms with Crippen molar-refractivity contribution in [2.24, 2.45) is 0 Å². The van der Waals surface area contributed by atoms with Crippen LogP contribution in [0.5, 0.6) is 5.75 Å². The molecule has 0 saturated heterocycles. The monoisotopic (exact) mass is 258 g/mol. The highest BCUT2D eigenvalue weighted by Crippen LogP contribution is 2.16. The molecule has 1 aromatic carbocycles. The van der Waals surface area contributed by atoms with Crippen LogP contribution < -0.4 is 9.64 Å². The summed E-state index contributed by atoms with van der Waals surface area (Å²) in [6, 6.07) is 11.7. The normalized spacial score (nSPS) is 10.3. The van der Waals surface area contributed by atoms with Gasteiger partial charge in [-0.2, -0.15) is 0 Å². The van der Waals surface area contributed by atoms with Crippen LogP contribution in [0.3, 0.4) is 0 Å². The van der Waals surface area contributed by atoms with E-state index < -0.39 is 0 Å². The van der Waals surface area contributed by atoms with Gasteiger partial charge in [0, 0.05) is 19.8 Å². The molecular weight excluding hydrogens is 240 g/mol. The lowest BCUT2D eigenvalue weighted by Crippen LogP contribution is -2.17. The van der Waals surface area contributed by atoms with E-state index in [9.17, 15) is 0 Å². The zero-order valence-corrected chi connectivity index (χ0v) is 11.2. The minimum absolute atomic E-state index is 0.0336. The third kappa shape index (κ3) is 3.45. The maximum Gasteiger partial charge on any atom is 0.128 e. The fourth-order valence-electron chi connectivity index (χ4n) is 1.85. The fraction of sp³-hybridized carbons (Fsp3) is 0.267. The van der Waals surface area contributed by atoms with E-state index in [2.05, 4.69) is 4.98 Å². The van der Waals surface area contributed by atoms with Crippen LogP contribution in [0.4, 0.5) is 5.82 Å². The summed E-state index contributed by atoms with van der Waals surface area (Å²) in [7, 11) is 3.64. The summed E-state index contributed by atoms with van der Waals surface area (Å²) in [5.74, 6) is 1.70. The van der Waals surface area contributed by atoms with Crippen molar-refractivity contribution < 1.29 is 9.84 Å². The molecule has 0 saturated carbocycles. The Labute approximate surface area is 113 Å². The molecule has 0 fully saturated rings. The number of methoxy groups -OCH3 is 1. The van der Waals surface area contributed by atoms with E-state index >= 15 is 0 Å². The van der Waals surface area contributed by atoms with Gasteiger partial charge in [0.1, 0.15) is 11.6 Å². The molecule has 0 amide bonds. The first-order chi connectivity index (χ1) is 9.22. The van der Waals surface area contributed by atoms with E-state index in [4.69, 9.17) is 9.84 Å². The van der Waals surface area contributed by atoms with Crippen LogP contribution >= 0.6 is 0 Å². The predicted octanol–water partition coefficient (Wildman–Crippen LogP) is 2.22. The van der Waals surface area contributed by atoms with Crippen LogP contribution in [-0.2, 0) is 13.2 Å². The molecule has 1 N–H and O–H groups in total. The van der Waals surface area contributed by atoms with E-state index in [0.29, 0.717) is 0 Å². The molecule has 100 valence electrons. The first-order valence-electron chi connectivity index (χ1n) is 6.13. The van der Waals surface area contributed by atoms with Crippen LogP contribution in [0.2, 0.25) is 0 Å². The molecule has 0 unspecified atom stereocenters. The Morgan fingerprint density at radius 1 is 1.16 bits per heavy atom. The summed E-state index contributed by atoms with van der Waals surface area (Å²) in [5.41, 5.74) is 2.05. The molecule has 0 bridgehead atoms. The van der Waals surface area contributed by atoms with Gasteiger partial charge in [-0.25, -0.2) is 4.98 Å². The summed E-state index contributed by atoms with van der Waals surface area (Å²) >= 11 is 0. The Kier molecular flexibility index (Phi) is 4.36. The number of benzene rings is 1. The topological polar surface area (TPSA) is 45.6 Å². The molecule has 0 aliphatic heterocycles. The number of nitrogens with zero attached hydrogens (tertiary/aromatic N) is 2. The number of aromatic nitrogens is 1. The van der Waals surface area contributed by atoms with Gasteiger partial charge in [0.05, 0.1) is 13.7 Å². The highest BCUT2D eigenvalue weighted by molar-refractivity contribution is 5.41. The number of hydrogen-bond donors (Lipinski definition) is 1. The first kappa shape index (κ1) is 13.4. The van der Waals surface area contributed by atoms with Gasteiger partial charge >= 0.3 is 0 Å². The van der Waals surface area contributed by atoms with Crippen molar-refractivity contribution in [3.63, 3.8) is 0 Å². The van der Waals surface area contributed by atoms with Gasteiger partial charge in [-0.05, 0) is 35.4 Å². The molecule has 0 aliphatic carbocycles. The zero-order valence-electron chi connectivity index (χ0n) is 11.2. The molecule has 2 rings (SSSR count). The Balaban J connectivity index is 2.08. The summed E-state index contributed by atoms with van der Waals surface area (Å²) < 4.78 is 5.14. The molecular formula is C15H18N2O2. The second-order valence-corrected chi connectivity index (χ2v) is 4.38. The molecule has 2 aromatic rings. The number of aliphatic hydroxyl groups is 1. The molecule has 19 heavy (non-hydrogen) atoms. The van der Waals surface area contributed by atoms with Crippen LogP contribution in [0.1, 0.15) is 11.1 Å². The van der Waals surface area contributed by atoms with Crippen molar-refractivity contribution >= 4 is 5.82 Å². The Morgan fingerprint density at radius 3 is 2.53 bits per heavy atom. The van der Waals surface area contributed by atoms with Crippen LogP contribution in [0.15, 0.2) is 42.6 Å². The molecule has 4 nitrogen and oxygen atoms in total. The summed E-state index contributed by atoms with van der Waals surface area (Å²) in [4.78, 5) is 6.35. The molecule has 1 heterocycles. The quantitative estimate of drug-likeness (QED) is 0.893. The minimum atomic E-state index is 0.0336. The van der Waals surface area contributed by atoms with Crippen LogP contribution in [0, 0.1) is 0 Å². The van der Waals surface area contributed by atoms with Crippen molar-refractivity contribution in [2.75, 3.05) is 19.1 Å².